The van der Waals surface area contributed by atoms with E-state index in [-0.39, 0.29) is 11.0 Å². The summed E-state index contributed by atoms with van der Waals surface area (Å²) in [7, 11) is 0. The molecule has 0 spiro atoms. The Morgan fingerprint density at radius 3 is 2.54 bits per heavy atom. The summed E-state index contributed by atoms with van der Waals surface area (Å²) in [6.07, 6.45) is 7.40. The van der Waals surface area contributed by atoms with Gasteiger partial charge in [-0.25, -0.2) is 0 Å². The van der Waals surface area contributed by atoms with Gasteiger partial charge in [-0.2, -0.15) is 0 Å². The molecule has 0 amide bonds. The van der Waals surface area contributed by atoms with Crippen molar-refractivity contribution in [1.29, 1.82) is 0 Å². The standard InChI is InChI=1S/C12H21N/c1-4-11(2,3)12(13)8-9-5-6-10(12)7-9/h4,9-10H,1,5-8,13H2,2-3H3. The average Bonchev–Trinajstić information content (AvgIpc) is 2.63. The highest BCUT2D eigenvalue weighted by molar-refractivity contribution is 5.15. The average molecular weight is 179 g/mol. The van der Waals surface area contributed by atoms with E-state index in [4.69, 9.17) is 5.73 Å². The molecule has 1 heteroatoms. The summed E-state index contributed by atoms with van der Waals surface area (Å²) in [6.45, 7) is 8.40. The first-order chi connectivity index (χ1) is 5.99. The molecule has 0 aliphatic heterocycles. The van der Waals surface area contributed by atoms with Gasteiger partial charge in [0.25, 0.3) is 0 Å². The zero-order valence-corrected chi connectivity index (χ0v) is 8.84. The number of hydrogen-bond acceptors (Lipinski definition) is 1. The molecule has 2 aliphatic rings. The van der Waals surface area contributed by atoms with Gasteiger partial charge in [-0.05, 0) is 31.1 Å². The Morgan fingerprint density at radius 1 is 1.46 bits per heavy atom. The molecule has 2 bridgehead atoms. The molecule has 3 unspecified atom stereocenters. The summed E-state index contributed by atoms with van der Waals surface area (Å²) >= 11 is 0. The third-order valence-electron chi connectivity index (χ3n) is 4.61. The van der Waals surface area contributed by atoms with E-state index < -0.39 is 0 Å². The van der Waals surface area contributed by atoms with Gasteiger partial charge in [0.05, 0.1) is 0 Å². The molecule has 0 heterocycles. The minimum atomic E-state index is 0.0394. The van der Waals surface area contributed by atoms with Crippen molar-refractivity contribution in [2.24, 2.45) is 23.0 Å². The second-order valence-electron chi connectivity index (χ2n) is 5.55. The molecule has 2 saturated carbocycles. The number of fused-ring (bicyclic) bond motifs is 2. The Morgan fingerprint density at radius 2 is 2.15 bits per heavy atom. The van der Waals surface area contributed by atoms with Crippen LogP contribution in [0.25, 0.3) is 0 Å². The summed E-state index contributed by atoms with van der Waals surface area (Å²) in [5.41, 5.74) is 6.70. The van der Waals surface area contributed by atoms with Gasteiger partial charge >= 0.3 is 0 Å². The van der Waals surface area contributed by atoms with Crippen molar-refractivity contribution >= 4 is 0 Å². The lowest BCUT2D eigenvalue weighted by Crippen LogP contribution is -2.55. The van der Waals surface area contributed by atoms with Crippen molar-refractivity contribution in [1.82, 2.24) is 0 Å². The monoisotopic (exact) mass is 179 g/mol. The highest BCUT2D eigenvalue weighted by Crippen LogP contribution is 2.56. The van der Waals surface area contributed by atoms with Crippen LogP contribution >= 0.6 is 0 Å². The number of rotatable bonds is 2. The van der Waals surface area contributed by atoms with Gasteiger partial charge in [0.1, 0.15) is 0 Å². The molecule has 2 fully saturated rings. The van der Waals surface area contributed by atoms with Crippen molar-refractivity contribution in [3.63, 3.8) is 0 Å². The zero-order valence-electron chi connectivity index (χ0n) is 8.84. The van der Waals surface area contributed by atoms with Crippen molar-refractivity contribution < 1.29 is 0 Å². The van der Waals surface area contributed by atoms with Gasteiger partial charge in [-0.3, -0.25) is 0 Å². The van der Waals surface area contributed by atoms with E-state index in [1.165, 1.54) is 25.7 Å². The number of nitrogens with two attached hydrogens (primary N) is 1. The Bertz CT molecular complexity index is 231. The Balaban J connectivity index is 2.27. The minimum Gasteiger partial charge on any atom is -0.324 e. The van der Waals surface area contributed by atoms with Gasteiger partial charge < -0.3 is 5.73 Å². The maximum atomic E-state index is 6.56. The molecule has 0 aromatic rings. The summed E-state index contributed by atoms with van der Waals surface area (Å²) in [5.74, 6) is 1.67. The highest BCUT2D eigenvalue weighted by Gasteiger charge is 2.54. The van der Waals surface area contributed by atoms with Gasteiger partial charge in [0.15, 0.2) is 0 Å². The molecular formula is C12H21N. The van der Waals surface area contributed by atoms with Crippen LogP contribution in [0, 0.1) is 17.3 Å². The van der Waals surface area contributed by atoms with Gasteiger partial charge in [0.2, 0.25) is 0 Å². The third kappa shape index (κ3) is 1.10. The second-order valence-corrected chi connectivity index (χ2v) is 5.55. The fraction of sp³-hybridized carbons (Fsp3) is 0.833. The van der Waals surface area contributed by atoms with E-state index in [2.05, 4.69) is 20.4 Å². The number of hydrogen-bond donors (Lipinski definition) is 1. The molecule has 2 aliphatic carbocycles. The maximum absolute atomic E-state index is 6.56. The molecule has 0 aromatic heterocycles. The lowest BCUT2D eigenvalue weighted by atomic mass is 9.64. The molecule has 3 atom stereocenters. The topological polar surface area (TPSA) is 26.0 Å². The lowest BCUT2D eigenvalue weighted by molar-refractivity contribution is 0.140. The van der Waals surface area contributed by atoms with Crippen LogP contribution in [0.5, 0.6) is 0 Å². The van der Waals surface area contributed by atoms with Crippen molar-refractivity contribution in [3.8, 4) is 0 Å². The van der Waals surface area contributed by atoms with Crippen LogP contribution < -0.4 is 5.73 Å². The van der Waals surface area contributed by atoms with Crippen LogP contribution in [-0.2, 0) is 0 Å². The predicted octanol–water partition coefficient (Wildman–Crippen LogP) is 2.72. The minimum absolute atomic E-state index is 0.0394. The molecule has 0 saturated heterocycles. The Kier molecular flexibility index (Phi) is 1.85. The fourth-order valence-electron chi connectivity index (χ4n) is 3.35. The summed E-state index contributed by atoms with van der Waals surface area (Å²) in [6, 6.07) is 0. The van der Waals surface area contributed by atoms with E-state index in [1.54, 1.807) is 0 Å². The quantitative estimate of drug-likeness (QED) is 0.648. The van der Waals surface area contributed by atoms with Gasteiger partial charge in [0, 0.05) is 11.0 Å². The first-order valence-electron chi connectivity index (χ1n) is 5.42. The highest BCUT2D eigenvalue weighted by atomic mass is 14.8. The molecule has 2 rings (SSSR count). The molecular weight excluding hydrogens is 158 g/mol. The van der Waals surface area contributed by atoms with Crippen LogP contribution in [0.2, 0.25) is 0 Å². The Hall–Kier alpha value is -0.300. The molecule has 0 radical (unpaired) electrons. The van der Waals surface area contributed by atoms with E-state index >= 15 is 0 Å². The Labute approximate surface area is 81.4 Å². The molecule has 1 nitrogen and oxygen atoms in total. The van der Waals surface area contributed by atoms with Gasteiger partial charge in [-0.1, -0.05) is 26.3 Å². The van der Waals surface area contributed by atoms with Crippen LogP contribution in [0.1, 0.15) is 39.5 Å². The maximum Gasteiger partial charge on any atom is 0.0272 e. The van der Waals surface area contributed by atoms with Crippen molar-refractivity contribution in [2.75, 3.05) is 0 Å². The van der Waals surface area contributed by atoms with E-state index in [9.17, 15) is 0 Å². The SMILES string of the molecule is C=CC(C)(C)C1(N)CC2CCC1C2. The van der Waals surface area contributed by atoms with Crippen LogP contribution in [-0.4, -0.2) is 5.54 Å². The second kappa shape index (κ2) is 2.60. The predicted molar refractivity (Wildman–Crippen MR) is 56.3 cm³/mol. The summed E-state index contributed by atoms with van der Waals surface area (Å²) in [4.78, 5) is 0. The van der Waals surface area contributed by atoms with Crippen molar-refractivity contribution in [2.45, 2.75) is 45.1 Å². The van der Waals surface area contributed by atoms with E-state index in [0.29, 0.717) is 0 Å². The molecule has 2 N–H and O–H groups in total. The molecule has 13 heavy (non-hydrogen) atoms. The normalized spacial score (nSPS) is 43.9. The zero-order chi connectivity index (χ0) is 9.69. The summed E-state index contributed by atoms with van der Waals surface area (Å²) < 4.78 is 0. The largest absolute Gasteiger partial charge is 0.324 e. The first kappa shape index (κ1) is 9.26. The molecule has 0 aromatic carbocycles. The van der Waals surface area contributed by atoms with Crippen LogP contribution in [0.3, 0.4) is 0 Å². The third-order valence-corrected chi connectivity index (χ3v) is 4.61. The smallest absolute Gasteiger partial charge is 0.0272 e. The summed E-state index contributed by atoms with van der Waals surface area (Å²) in [5, 5.41) is 0. The molecule has 74 valence electrons. The van der Waals surface area contributed by atoms with E-state index in [1.807, 2.05) is 6.08 Å². The van der Waals surface area contributed by atoms with E-state index in [0.717, 1.165) is 11.8 Å². The lowest BCUT2D eigenvalue weighted by Gasteiger charge is -2.45. The fourth-order valence-corrected chi connectivity index (χ4v) is 3.35. The van der Waals surface area contributed by atoms with Crippen molar-refractivity contribution in [3.05, 3.63) is 12.7 Å². The van der Waals surface area contributed by atoms with Crippen LogP contribution in [0.15, 0.2) is 12.7 Å². The van der Waals surface area contributed by atoms with Gasteiger partial charge in [-0.15, -0.1) is 6.58 Å². The first-order valence-corrected chi connectivity index (χ1v) is 5.42. The van der Waals surface area contributed by atoms with Crippen LogP contribution in [0.4, 0.5) is 0 Å².